The quantitative estimate of drug-likeness (QED) is 0.702. The summed E-state index contributed by atoms with van der Waals surface area (Å²) in [6, 6.07) is 4.80. The lowest BCUT2D eigenvalue weighted by Gasteiger charge is -2.20. The van der Waals surface area contributed by atoms with Gasteiger partial charge >= 0.3 is 0 Å². The molecule has 29 heavy (non-hydrogen) atoms. The van der Waals surface area contributed by atoms with Crippen molar-refractivity contribution in [3.05, 3.63) is 56.7 Å². The van der Waals surface area contributed by atoms with E-state index in [-0.39, 0.29) is 42.2 Å². The Morgan fingerprint density at radius 3 is 2.72 bits per heavy atom. The number of pyridine rings is 1. The van der Waals surface area contributed by atoms with Crippen molar-refractivity contribution < 1.29 is 9.59 Å². The van der Waals surface area contributed by atoms with Crippen molar-refractivity contribution >= 4 is 34.9 Å². The molecule has 4 rings (SSSR count). The van der Waals surface area contributed by atoms with E-state index in [4.69, 9.17) is 11.6 Å². The van der Waals surface area contributed by atoms with Gasteiger partial charge in [-0.1, -0.05) is 11.6 Å². The molecule has 0 fully saturated rings. The molecule has 3 aromatic heterocycles. The fourth-order valence-electron chi connectivity index (χ4n) is 3.45. The highest BCUT2D eigenvalue weighted by Gasteiger charge is 2.36. The van der Waals surface area contributed by atoms with Gasteiger partial charge in [-0.15, -0.1) is 0 Å². The molecular weight excluding hydrogens is 396 g/mol. The average Bonchev–Trinajstić information content (AvgIpc) is 3.21. The van der Waals surface area contributed by atoms with Gasteiger partial charge in [0.15, 0.2) is 0 Å². The van der Waals surface area contributed by atoms with Crippen LogP contribution in [0.15, 0.2) is 29.2 Å². The van der Waals surface area contributed by atoms with E-state index in [1.54, 1.807) is 34.6 Å². The van der Waals surface area contributed by atoms with Gasteiger partial charge in [0.2, 0.25) is 5.91 Å². The number of rotatable bonds is 4. The molecule has 3 aromatic rings. The van der Waals surface area contributed by atoms with Gasteiger partial charge in [-0.3, -0.25) is 14.4 Å². The molecule has 1 N–H and O–H groups in total. The summed E-state index contributed by atoms with van der Waals surface area (Å²) in [6.07, 6.45) is 1.43. The van der Waals surface area contributed by atoms with Crippen molar-refractivity contribution in [1.82, 2.24) is 24.1 Å². The first-order valence-corrected chi connectivity index (χ1v) is 9.48. The van der Waals surface area contributed by atoms with E-state index in [9.17, 15) is 14.4 Å². The fourth-order valence-corrected chi connectivity index (χ4v) is 3.56. The number of amides is 2. The van der Waals surface area contributed by atoms with Crippen molar-refractivity contribution in [3.63, 3.8) is 0 Å². The molecule has 0 spiro atoms. The molecule has 150 valence electrons. The van der Waals surface area contributed by atoms with Crippen LogP contribution in [0.4, 0.5) is 5.82 Å². The maximum Gasteiger partial charge on any atom is 0.280 e. The van der Waals surface area contributed by atoms with Crippen LogP contribution < -0.4 is 10.9 Å². The van der Waals surface area contributed by atoms with Crippen molar-refractivity contribution in [2.45, 2.75) is 39.9 Å². The Bertz CT molecular complexity index is 1200. The number of hydrogen-bond donors (Lipinski definition) is 1. The van der Waals surface area contributed by atoms with Crippen LogP contribution in [0, 0.1) is 6.92 Å². The second-order valence-electron chi connectivity index (χ2n) is 7.21. The number of carbonyl (C=O) groups is 2. The molecule has 0 unspecified atom stereocenters. The third kappa shape index (κ3) is 3.27. The predicted octanol–water partition coefficient (Wildman–Crippen LogP) is 1.86. The van der Waals surface area contributed by atoms with Gasteiger partial charge in [0.1, 0.15) is 23.7 Å². The molecule has 0 saturated heterocycles. The van der Waals surface area contributed by atoms with Gasteiger partial charge in [0, 0.05) is 18.3 Å². The maximum atomic E-state index is 13.0. The number of aromatic nitrogens is 4. The van der Waals surface area contributed by atoms with E-state index in [2.05, 4.69) is 15.4 Å². The molecule has 0 bridgehead atoms. The Hall–Kier alpha value is -3.20. The minimum Gasteiger partial charge on any atom is -0.330 e. The number of carbonyl (C=O) groups excluding carboxylic acids is 2. The highest BCUT2D eigenvalue weighted by molar-refractivity contribution is 6.30. The fraction of sp³-hybridized carbons (Fsp3) is 0.316. The van der Waals surface area contributed by atoms with Gasteiger partial charge in [-0.05, 0) is 32.9 Å². The van der Waals surface area contributed by atoms with Gasteiger partial charge in [0.25, 0.3) is 11.5 Å². The Morgan fingerprint density at radius 1 is 1.31 bits per heavy atom. The third-order valence-corrected chi connectivity index (χ3v) is 5.03. The molecule has 0 radical (unpaired) electrons. The summed E-state index contributed by atoms with van der Waals surface area (Å²) in [5, 5.41) is 7.38. The van der Waals surface area contributed by atoms with E-state index in [0.29, 0.717) is 27.7 Å². The largest absolute Gasteiger partial charge is 0.330 e. The molecule has 1 aliphatic rings. The lowest BCUT2D eigenvalue weighted by molar-refractivity contribution is -0.116. The van der Waals surface area contributed by atoms with Gasteiger partial charge in [0.05, 0.1) is 22.8 Å². The molecule has 0 aromatic carbocycles. The number of hydrogen-bond acceptors (Lipinski definition) is 5. The normalized spacial score (nSPS) is 13.4. The first kappa shape index (κ1) is 19.1. The van der Waals surface area contributed by atoms with Crippen molar-refractivity contribution in [1.29, 1.82) is 0 Å². The first-order valence-electron chi connectivity index (χ1n) is 9.10. The maximum absolute atomic E-state index is 13.0. The minimum atomic E-state index is -0.387. The van der Waals surface area contributed by atoms with Crippen LogP contribution in [-0.4, -0.2) is 41.9 Å². The molecule has 4 heterocycles. The monoisotopic (exact) mass is 414 g/mol. The second kappa shape index (κ2) is 7.00. The number of anilines is 1. The van der Waals surface area contributed by atoms with Crippen LogP contribution in [0.5, 0.6) is 0 Å². The highest BCUT2D eigenvalue weighted by Crippen LogP contribution is 2.24. The number of nitrogens with zero attached hydrogens (tertiary/aromatic N) is 5. The molecule has 0 saturated carbocycles. The number of aryl methyl sites for hydroxylation is 1. The second-order valence-corrected chi connectivity index (χ2v) is 7.65. The molecule has 1 aliphatic heterocycles. The smallest absolute Gasteiger partial charge is 0.280 e. The summed E-state index contributed by atoms with van der Waals surface area (Å²) in [7, 11) is 0. The highest BCUT2D eigenvalue weighted by atomic mass is 35.5. The number of halogens is 1. The van der Waals surface area contributed by atoms with Crippen molar-refractivity contribution in [2.24, 2.45) is 0 Å². The van der Waals surface area contributed by atoms with Crippen molar-refractivity contribution in [2.75, 3.05) is 5.32 Å². The zero-order valence-corrected chi connectivity index (χ0v) is 16.9. The third-order valence-electron chi connectivity index (χ3n) is 4.81. The SMILES string of the molecule is Cc1cc2n(CC(=O)Nc3ccc(Cl)cn3)c3c(c(=O)n2n1)CN(C(C)C)C3=O. The van der Waals surface area contributed by atoms with Crippen molar-refractivity contribution in [3.8, 4) is 0 Å². The molecule has 10 heteroatoms. The summed E-state index contributed by atoms with van der Waals surface area (Å²) in [5.41, 5.74) is 1.25. The topological polar surface area (TPSA) is 102 Å². The van der Waals surface area contributed by atoms with Gasteiger partial charge in [-0.2, -0.15) is 9.61 Å². The van der Waals surface area contributed by atoms with Crippen LogP contribution in [-0.2, 0) is 17.9 Å². The molecule has 2 amide bonds. The summed E-state index contributed by atoms with van der Waals surface area (Å²) >= 11 is 5.82. The summed E-state index contributed by atoms with van der Waals surface area (Å²) < 4.78 is 2.80. The van der Waals surface area contributed by atoms with E-state index < -0.39 is 0 Å². The van der Waals surface area contributed by atoms with Crippen LogP contribution in [0.3, 0.4) is 0 Å². The standard InChI is InChI=1S/C19H19ClN6O3/c1-10(2)24-8-13-17(19(24)29)25(16-6-11(3)23-26(16)18(13)28)9-15(27)22-14-5-4-12(20)7-21-14/h4-7,10H,8-9H2,1-3H3,(H,21,22,27). The van der Waals surface area contributed by atoms with Crippen LogP contribution in [0.2, 0.25) is 5.02 Å². The molecule has 9 nitrogen and oxygen atoms in total. The predicted molar refractivity (Wildman–Crippen MR) is 107 cm³/mol. The lowest BCUT2D eigenvalue weighted by atomic mass is 10.2. The van der Waals surface area contributed by atoms with E-state index in [1.807, 2.05) is 13.8 Å². The molecule has 0 aliphatic carbocycles. The average molecular weight is 415 g/mol. The van der Waals surface area contributed by atoms with Gasteiger partial charge in [-0.25, -0.2) is 4.98 Å². The molecular formula is C19H19ClN6O3. The Labute approximate surface area is 170 Å². The zero-order valence-electron chi connectivity index (χ0n) is 16.1. The minimum absolute atomic E-state index is 0.0797. The van der Waals surface area contributed by atoms with Crippen LogP contribution in [0.25, 0.3) is 5.65 Å². The number of nitrogens with one attached hydrogen (secondary N) is 1. The Balaban J connectivity index is 1.78. The summed E-state index contributed by atoms with van der Waals surface area (Å²) in [4.78, 5) is 44.2. The molecule has 0 atom stereocenters. The zero-order chi connectivity index (χ0) is 20.9. The Kier molecular flexibility index (Phi) is 4.62. The summed E-state index contributed by atoms with van der Waals surface area (Å²) in [5.74, 6) is -0.318. The lowest BCUT2D eigenvalue weighted by Crippen LogP contribution is -2.32. The number of fused-ring (bicyclic) bond motifs is 2. The van der Waals surface area contributed by atoms with Gasteiger partial charge < -0.3 is 14.8 Å². The summed E-state index contributed by atoms with van der Waals surface area (Å²) in [6.45, 7) is 5.54. The van der Waals surface area contributed by atoms with E-state index in [0.717, 1.165) is 0 Å². The van der Waals surface area contributed by atoms with Crippen LogP contribution >= 0.6 is 11.6 Å². The Morgan fingerprint density at radius 2 is 2.07 bits per heavy atom. The van der Waals surface area contributed by atoms with E-state index in [1.165, 1.54) is 10.7 Å². The van der Waals surface area contributed by atoms with E-state index >= 15 is 0 Å². The van der Waals surface area contributed by atoms with Crippen LogP contribution in [0.1, 0.15) is 35.6 Å². The first-order chi connectivity index (χ1) is 13.8.